The van der Waals surface area contributed by atoms with Gasteiger partial charge in [-0.05, 0) is 62.6 Å². The predicted molar refractivity (Wildman–Crippen MR) is 276 cm³/mol. The number of hydrogen-bond acceptors (Lipinski definition) is 19. The van der Waals surface area contributed by atoms with Crippen LogP contribution >= 0.6 is 0 Å². The van der Waals surface area contributed by atoms with Gasteiger partial charge in [-0.1, -0.05) is 12.1 Å². The molecule has 35 nitrogen and oxygen atoms in total. The van der Waals surface area contributed by atoms with Gasteiger partial charge in [0.05, 0.1) is 31.9 Å². The number of rotatable bonds is 35. The first-order valence-corrected chi connectivity index (χ1v) is 25.9. The lowest BCUT2D eigenvalue weighted by molar-refractivity contribution is -0.150. The van der Waals surface area contributed by atoms with Crippen molar-refractivity contribution in [1.82, 2.24) is 47.0 Å². The molecule has 3 rings (SSSR count). The summed E-state index contributed by atoms with van der Waals surface area (Å²) in [4.78, 5) is 207. The first-order chi connectivity index (χ1) is 39.4. The monoisotopic (exact) mass is 1190 g/mol. The summed E-state index contributed by atoms with van der Waals surface area (Å²) in [6.07, 6.45) is -7.44. The van der Waals surface area contributed by atoms with Gasteiger partial charge in [-0.2, -0.15) is 0 Å². The molecule has 1 aromatic rings. The minimum absolute atomic E-state index is 0.0517. The quantitative estimate of drug-likeness (QED) is 0.0300. The molecule has 0 unspecified atom stereocenters. The van der Waals surface area contributed by atoms with Gasteiger partial charge in [-0.3, -0.25) is 71.9 Å². The Hall–Kier alpha value is -9.54. The highest BCUT2D eigenvalue weighted by Gasteiger charge is 2.42. The third-order valence-electron chi connectivity index (χ3n) is 13.1. The number of carbonyl (C=O) groups excluding carboxylic acids is 10. The van der Waals surface area contributed by atoms with Crippen LogP contribution in [-0.2, 0) is 83.1 Å². The number of phenolic OH excluding ortho intramolecular Hbond substituents is 1. The summed E-state index contributed by atoms with van der Waals surface area (Å²) in [5, 5.41) is 92.0. The summed E-state index contributed by atoms with van der Waals surface area (Å²) in [5.41, 5.74) is 11.2. The highest BCUT2D eigenvalue weighted by molar-refractivity contribution is 6.01. The Morgan fingerprint density at radius 1 is 0.476 bits per heavy atom. The molecule has 0 aromatic heterocycles. The number of carbonyl (C=O) groups is 16. The van der Waals surface area contributed by atoms with E-state index in [2.05, 4.69) is 31.9 Å². The Morgan fingerprint density at radius 3 is 1.35 bits per heavy atom. The van der Waals surface area contributed by atoms with E-state index in [-0.39, 0.29) is 50.1 Å². The highest BCUT2D eigenvalue weighted by atomic mass is 16.4. The van der Waals surface area contributed by atoms with Gasteiger partial charge >= 0.3 is 35.8 Å². The van der Waals surface area contributed by atoms with Crippen molar-refractivity contribution in [1.29, 1.82) is 0 Å². The van der Waals surface area contributed by atoms with E-state index in [1.165, 1.54) is 12.1 Å². The van der Waals surface area contributed by atoms with E-state index in [9.17, 15) is 112 Å². The average molecular weight is 1190 g/mol. The Kier molecular flexibility index (Phi) is 26.8. The molecule has 0 saturated carbocycles. The summed E-state index contributed by atoms with van der Waals surface area (Å²) in [5.74, 6) is -21.7. The number of aliphatic hydroxyl groups excluding tert-OH is 1. The number of carboxylic acid groups (broad SMARTS) is 6. The molecule has 19 N–H and O–H groups in total. The minimum atomic E-state index is -2.18. The van der Waals surface area contributed by atoms with Gasteiger partial charge in [0.2, 0.25) is 59.1 Å². The fourth-order valence-electron chi connectivity index (χ4n) is 8.81. The summed E-state index contributed by atoms with van der Waals surface area (Å²) in [6, 6.07) is -13.2. The average Bonchev–Trinajstić information content (AvgIpc) is 3.55. The number of nitrogens with two attached hydrogens (primary N) is 2. The second-order valence-electron chi connectivity index (χ2n) is 19.5. The maximum atomic E-state index is 14.1. The van der Waals surface area contributed by atoms with Crippen molar-refractivity contribution in [3.8, 4) is 5.75 Å². The van der Waals surface area contributed by atoms with Crippen LogP contribution in [0.15, 0.2) is 24.3 Å². The van der Waals surface area contributed by atoms with Crippen LogP contribution in [0.1, 0.15) is 89.0 Å². The second-order valence-corrected chi connectivity index (χ2v) is 19.5. The van der Waals surface area contributed by atoms with Crippen molar-refractivity contribution >= 4 is 94.9 Å². The topological polar surface area (TPSA) is 578 Å². The van der Waals surface area contributed by atoms with Crippen LogP contribution in [0, 0.1) is 0 Å². The van der Waals surface area contributed by atoms with Gasteiger partial charge in [-0.25, -0.2) is 4.79 Å². The van der Waals surface area contributed by atoms with Gasteiger partial charge in [0.1, 0.15) is 60.1 Å². The van der Waals surface area contributed by atoms with Crippen molar-refractivity contribution in [2.75, 3.05) is 19.7 Å². The van der Waals surface area contributed by atoms with Crippen LogP contribution in [-0.4, -0.2) is 226 Å². The third-order valence-corrected chi connectivity index (χ3v) is 13.1. The molecule has 10 atom stereocenters. The zero-order valence-electron chi connectivity index (χ0n) is 44.8. The maximum absolute atomic E-state index is 14.1. The van der Waals surface area contributed by atoms with Crippen LogP contribution in [0.3, 0.4) is 0 Å². The lowest BCUT2D eigenvalue weighted by Crippen LogP contribution is -2.61. The lowest BCUT2D eigenvalue weighted by atomic mass is 10.0. The van der Waals surface area contributed by atoms with E-state index in [4.69, 9.17) is 16.6 Å². The van der Waals surface area contributed by atoms with E-state index in [0.29, 0.717) is 0 Å². The van der Waals surface area contributed by atoms with Crippen LogP contribution in [0.25, 0.3) is 0 Å². The Bertz CT molecular complexity index is 2670. The predicted octanol–water partition coefficient (Wildman–Crippen LogP) is -6.87. The number of benzene rings is 1. The molecule has 2 fully saturated rings. The van der Waals surface area contributed by atoms with Gasteiger partial charge in [0, 0.05) is 38.8 Å². The first-order valence-electron chi connectivity index (χ1n) is 25.9. The maximum Gasteiger partial charge on any atom is 0.326 e. The number of aliphatic hydroxyl groups is 1. The fourth-order valence-corrected chi connectivity index (χ4v) is 8.81. The highest BCUT2D eigenvalue weighted by Crippen LogP contribution is 2.22. The normalized spacial score (nSPS) is 17.4. The van der Waals surface area contributed by atoms with Gasteiger partial charge in [0.25, 0.3) is 0 Å². The molecule has 2 heterocycles. The molecule has 10 amide bonds. The number of likely N-dealkylation sites (tertiary alicyclic amines) is 2. The Labute approximate surface area is 475 Å². The molecular formula is C49H67N11O24. The zero-order valence-corrected chi connectivity index (χ0v) is 44.8. The van der Waals surface area contributed by atoms with Gasteiger partial charge in [0.15, 0.2) is 0 Å². The minimum Gasteiger partial charge on any atom is -0.508 e. The van der Waals surface area contributed by atoms with Crippen LogP contribution in [0.2, 0.25) is 0 Å². The molecule has 0 aliphatic carbocycles. The Morgan fingerprint density at radius 2 is 0.869 bits per heavy atom. The molecule has 84 heavy (non-hydrogen) atoms. The lowest BCUT2D eigenvalue weighted by Gasteiger charge is -2.31. The molecule has 2 aliphatic rings. The van der Waals surface area contributed by atoms with E-state index >= 15 is 0 Å². The second kappa shape index (κ2) is 32.8. The number of amides is 10. The SMILES string of the molecule is NC(=O)C[C@H](NC(=O)[C@@H]1CCCN1C(=O)[C@H](CO)NC(=O)[C@H](CC(=O)O)NC(=O)[C@H](Cc1ccc(O)cc1)NC(=O)[C@H](CC(=O)O)NC(=O)[C@H](CCC(=O)O)NC(=O)[C@@H](N)CCC(=O)O)C(=O)N[C@@H](CCC(=O)O)C(=O)N1CCC[C@H]1C(=O)O. The van der Waals surface area contributed by atoms with Crippen molar-refractivity contribution in [3.63, 3.8) is 0 Å². The number of carboxylic acids is 6. The van der Waals surface area contributed by atoms with E-state index in [1.54, 1.807) is 0 Å². The standard InChI is InChI=1S/C49H67N11O24/c50-24(9-12-35(64)65)40(74)52-25(10-13-36(66)67)41(75)55-29(19-38(70)71)44(78)54-27(17-22-5-7-23(62)8-6-22)42(76)56-30(20-39(72)73)45(79)58-31(21-61)48(82)59-15-1-3-32(59)46(80)57-28(18-34(51)63)43(77)53-26(11-14-37(68)69)47(81)60-16-2-4-33(60)49(83)84/h5-8,24-33,61-62H,1-4,9-21,50H2,(H2,51,63)(H,52,74)(H,53,77)(H,54,78)(H,55,75)(H,56,76)(H,57,80)(H,58,79)(H,64,65)(H,66,67)(H,68,69)(H,70,71)(H,72,73)(H,83,84)/t24-,25-,26-,27-,28-,29-,30-,31-,32-,33-/m0/s1. The largest absolute Gasteiger partial charge is 0.508 e. The number of nitrogens with one attached hydrogen (secondary N) is 7. The van der Waals surface area contributed by atoms with Gasteiger partial charge in [-0.15, -0.1) is 0 Å². The summed E-state index contributed by atoms with van der Waals surface area (Å²) < 4.78 is 0. The van der Waals surface area contributed by atoms with Crippen LogP contribution < -0.4 is 48.7 Å². The number of nitrogens with zero attached hydrogens (tertiary/aromatic N) is 2. The molecule has 462 valence electrons. The van der Waals surface area contributed by atoms with Crippen molar-refractivity contribution in [2.24, 2.45) is 11.5 Å². The number of aliphatic carboxylic acids is 6. The molecule has 1 aromatic carbocycles. The summed E-state index contributed by atoms with van der Waals surface area (Å²) in [7, 11) is 0. The molecular weight excluding hydrogens is 1130 g/mol. The Balaban J connectivity index is 1.87. The molecule has 0 radical (unpaired) electrons. The van der Waals surface area contributed by atoms with Gasteiger partial charge < -0.3 is 99.3 Å². The zero-order chi connectivity index (χ0) is 63.1. The fraction of sp³-hybridized carbons (Fsp3) is 0.551. The van der Waals surface area contributed by atoms with E-state index < -0.39 is 226 Å². The van der Waals surface area contributed by atoms with E-state index in [0.717, 1.165) is 21.9 Å². The molecule has 0 bridgehead atoms. The molecule has 35 heteroatoms. The molecule has 2 saturated heterocycles. The third kappa shape index (κ3) is 22.1. The smallest absolute Gasteiger partial charge is 0.326 e. The number of hydrogen-bond donors (Lipinski definition) is 17. The van der Waals surface area contributed by atoms with Crippen molar-refractivity contribution < 1.29 is 118 Å². The molecule has 0 spiro atoms. The number of phenols is 1. The van der Waals surface area contributed by atoms with Crippen LogP contribution in [0.4, 0.5) is 0 Å². The van der Waals surface area contributed by atoms with Crippen LogP contribution in [0.5, 0.6) is 5.75 Å². The number of primary amides is 1. The van der Waals surface area contributed by atoms with Crippen molar-refractivity contribution in [2.45, 2.75) is 150 Å². The summed E-state index contributed by atoms with van der Waals surface area (Å²) >= 11 is 0. The molecule has 2 aliphatic heterocycles. The first kappa shape index (κ1) is 68.7. The van der Waals surface area contributed by atoms with Crippen molar-refractivity contribution in [3.05, 3.63) is 29.8 Å². The van der Waals surface area contributed by atoms with E-state index in [1.807, 2.05) is 5.32 Å². The summed E-state index contributed by atoms with van der Waals surface area (Å²) in [6.45, 7) is -1.54. The number of aromatic hydroxyl groups is 1.